The third-order valence-corrected chi connectivity index (χ3v) is 2.90. The second-order valence-electron chi connectivity index (χ2n) is 3.58. The van der Waals surface area contributed by atoms with E-state index in [1.165, 1.54) is 0 Å². The molecule has 2 fully saturated rings. The highest BCUT2D eigenvalue weighted by atomic mass is 16.5. The monoisotopic (exact) mass is 155 g/mol. The van der Waals surface area contributed by atoms with Gasteiger partial charge in [0, 0.05) is 0 Å². The van der Waals surface area contributed by atoms with Crippen molar-refractivity contribution in [2.45, 2.75) is 13.0 Å². The maximum absolute atomic E-state index is 10.9. The Bertz CT molecular complexity index is 183. The van der Waals surface area contributed by atoms with Gasteiger partial charge in [0.05, 0.1) is 19.3 Å². The molecule has 0 aromatic heterocycles. The van der Waals surface area contributed by atoms with Crippen LogP contribution >= 0.6 is 0 Å². The molecule has 3 atom stereocenters. The van der Waals surface area contributed by atoms with Gasteiger partial charge in [-0.2, -0.15) is 0 Å². The van der Waals surface area contributed by atoms with Crippen molar-refractivity contribution in [2.24, 2.45) is 23.5 Å². The molecule has 1 aliphatic carbocycles. The number of Topliss-reactive ketones (excluding diaryl/α,β-unsaturated/α-hetero) is 1. The van der Waals surface area contributed by atoms with Gasteiger partial charge in [0.25, 0.3) is 0 Å². The number of ether oxygens (including phenoxy) is 1. The summed E-state index contributed by atoms with van der Waals surface area (Å²) in [5.41, 5.74) is 5.71. The van der Waals surface area contributed by atoms with Crippen molar-refractivity contribution in [2.75, 3.05) is 13.2 Å². The zero-order valence-corrected chi connectivity index (χ0v) is 6.62. The minimum absolute atomic E-state index is 0.115. The van der Waals surface area contributed by atoms with Crippen LogP contribution in [0.25, 0.3) is 0 Å². The first-order valence-electron chi connectivity index (χ1n) is 4.05. The molecule has 2 rings (SSSR count). The Morgan fingerprint density at radius 3 is 2.55 bits per heavy atom. The molecule has 2 aliphatic rings. The summed E-state index contributed by atoms with van der Waals surface area (Å²) in [6.45, 7) is 3.20. The van der Waals surface area contributed by atoms with Gasteiger partial charge in [0.1, 0.15) is 5.78 Å². The average molecular weight is 155 g/mol. The predicted octanol–water partition coefficient (Wildman–Crippen LogP) is -0.205. The lowest BCUT2D eigenvalue weighted by Crippen LogP contribution is -2.33. The van der Waals surface area contributed by atoms with Crippen molar-refractivity contribution in [3.05, 3.63) is 0 Å². The molecule has 2 N–H and O–H groups in total. The van der Waals surface area contributed by atoms with Crippen LogP contribution in [0.5, 0.6) is 0 Å². The predicted molar refractivity (Wildman–Crippen MR) is 39.9 cm³/mol. The van der Waals surface area contributed by atoms with E-state index in [1.54, 1.807) is 6.92 Å². The van der Waals surface area contributed by atoms with Crippen LogP contribution in [0.2, 0.25) is 0 Å². The van der Waals surface area contributed by atoms with Gasteiger partial charge in [0.2, 0.25) is 0 Å². The highest BCUT2D eigenvalue weighted by Crippen LogP contribution is 2.52. The van der Waals surface area contributed by atoms with Crippen LogP contribution in [-0.2, 0) is 9.53 Å². The highest BCUT2D eigenvalue weighted by molar-refractivity contribution is 5.82. The van der Waals surface area contributed by atoms with Crippen molar-refractivity contribution >= 4 is 5.78 Å². The fourth-order valence-electron chi connectivity index (χ4n) is 2.09. The van der Waals surface area contributed by atoms with Crippen LogP contribution < -0.4 is 5.73 Å². The molecule has 11 heavy (non-hydrogen) atoms. The largest absolute Gasteiger partial charge is 0.381 e. The van der Waals surface area contributed by atoms with E-state index in [0.717, 1.165) is 13.2 Å². The third kappa shape index (κ3) is 0.993. The number of hydrogen-bond donors (Lipinski definition) is 1. The van der Waals surface area contributed by atoms with E-state index >= 15 is 0 Å². The van der Waals surface area contributed by atoms with Gasteiger partial charge in [-0.25, -0.2) is 0 Å². The Morgan fingerprint density at radius 2 is 2.09 bits per heavy atom. The molecule has 0 aromatic carbocycles. The lowest BCUT2D eigenvalue weighted by Gasteiger charge is -2.09. The molecule has 0 radical (unpaired) electrons. The van der Waals surface area contributed by atoms with Crippen molar-refractivity contribution in [3.63, 3.8) is 0 Å². The molecule has 3 heteroatoms. The Morgan fingerprint density at radius 1 is 1.55 bits per heavy atom. The second-order valence-corrected chi connectivity index (χ2v) is 3.58. The normalized spacial score (nSPS) is 43.3. The van der Waals surface area contributed by atoms with Crippen LogP contribution in [0.15, 0.2) is 0 Å². The van der Waals surface area contributed by atoms with Gasteiger partial charge in [-0.05, 0) is 24.7 Å². The first-order chi connectivity index (χ1) is 5.22. The molecule has 0 aromatic rings. The maximum Gasteiger partial charge on any atom is 0.146 e. The van der Waals surface area contributed by atoms with E-state index in [2.05, 4.69) is 0 Å². The van der Waals surface area contributed by atoms with E-state index < -0.39 is 0 Å². The number of carbonyl (C=O) groups is 1. The number of hydrogen-bond acceptors (Lipinski definition) is 3. The number of rotatable bonds is 2. The number of nitrogens with two attached hydrogens (primary N) is 1. The minimum Gasteiger partial charge on any atom is -0.381 e. The third-order valence-electron chi connectivity index (χ3n) is 2.90. The molecule has 1 saturated heterocycles. The molecule has 0 bridgehead atoms. The van der Waals surface area contributed by atoms with Gasteiger partial charge >= 0.3 is 0 Å². The Balaban J connectivity index is 1.95. The topological polar surface area (TPSA) is 52.3 Å². The Labute approximate surface area is 65.9 Å². The van der Waals surface area contributed by atoms with Crippen LogP contribution in [0.4, 0.5) is 0 Å². The summed E-state index contributed by atoms with van der Waals surface area (Å²) >= 11 is 0. The summed E-state index contributed by atoms with van der Waals surface area (Å²) in [4.78, 5) is 10.9. The summed E-state index contributed by atoms with van der Waals surface area (Å²) < 4.78 is 5.20. The molecule has 3 unspecified atom stereocenters. The first-order valence-corrected chi connectivity index (χ1v) is 4.05. The summed E-state index contributed by atoms with van der Waals surface area (Å²) in [5, 5.41) is 0. The lowest BCUT2D eigenvalue weighted by molar-refractivity contribution is -0.118. The van der Waals surface area contributed by atoms with E-state index in [4.69, 9.17) is 10.5 Å². The van der Waals surface area contributed by atoms with Gasteiger partial charge in [-0.15, -0.1) is 0 Å². The number of carbonyl (C=O) groups excluding carboxylic acids is 1. The standard InChI is InChI=1S/C8H13NO2/c1-4(10)8(9)7-5-2-11-3-6(5)7/h5-8H,2-3,9H2,1H3. The van der Waals surface area contributed by atoms with Crippen molar-refractivity contribution in [1.29, 1.82) is 0 Å². The number of ketones is 1. The van der Waals surface area contributed by atoms with Gasteiger partial charge in [0.15, 0.2) is 0 Å². The average Bonchev–Trinajstić information content (AvgIpc) is 2.41. The number of fused-ring (bicyclic) bond motifs is 1. The molecule has 1 aliphatic heterocycles. The van der Waals surface area contributed by atoms with Crippen LogP contribution in [0.1, 0.15) is 6.92 Å². The molecule has 62 valence electrons. The zero-order chi connectivity index (χ0) is 8.01. The van der Waals surface area contributed by atoms with E-state index in [9.17, 15) is 4.79 Å². The second kappa shape index (κ2) is 2.29. The molecule has 1 saturated carbocycles. The van der Waals surface area contributed by atoms with Gasteiger partial charge in [-0.1, -0.05) is 0 Å². The van der Waals surface area contributed by atoms with Crippen molar-refractivity contribution in [3.8, 4) is 0 Å². The molecular formula is C8H13NO2. The van der Waals surface area contributed by atoms with Gasteiger partial charge in [-0.3, -0.25) is 4.79 Å². The van der Waals surface area contributed by atoms with Crippen LogP contribution in [0.3, 0.4) is 0 Å². The molecule has 0 spiro atoms. The fourth-order valence-corrected chi connectivity index (χ4v) is 2.09. The molecular weight excluding hydrogens is 142 g/mol. The SMILES string of the molecule is CC(=O)C(N)C1C2COCC21. The summed E-state index contributed by atoms with van der Waals surface area (Å²) in [5.74, 6) is 1.73. The zero-order valence-electron chi connectivity index (χ0n) is 6.62. The van der Waals surface area contributed by atoms with Crippen LogP contribution in [-0.4, -0.2) is 25.0 Å². The Kier molecular flexibility index (Phi) is 1.51. The fraction of sp³-hybridized carbons (Fsp3) is 0.875. The quantitative estimate of drug-likeness (QED) is 0.600. The lowest BCUT2D eigenvalue weighted by atomic mass is 10.1. The maximum atomic E-state index is 10.9. The van der Waals surface area contributed by atoms with E-state index in [0.29, 0.717) is 17.8 Å². The molecule has 1 heterocycles. The van der Waals surface area contributed by atoms with Crippen LogP contribution in [0, 0.1) is 17.8 Å². The smallest absolute Gasteiger partial charge is 0.146 e. The molecule has 3 nitrogen and oxygen atoms in total. The summed E-state index contributed by atoms with van der Waals surface area (Å²) in [7, 11) is 0. The van der Waals surface area contributed by atoms with E-state index in [-0.39, 0.29) is 11.8 Å². The van der Waals surface area contributed by atoms with Crippen molar-refractivity contribution < 1.29 is 9.53 Å². The molecule has 0 amide bonds. The first kappa shape index (κ1) is 7.25. The van der Waals surface area contributed by atoms with Gasteiger partial charge < -0.3 is 10.5 Å². The summed E-state index contributed by atoms with van der Waals surface area (Å²) in [6.07, 6.45) is 0. The highest BCUT2D eigenvalue weighted by Gasteiger charge is 2.57. The minimum atomic E-state index is -0.228. The summed E-state index contributed by atoms with van der Waals surface area (Å²) in [6, 6.07) is -0.228. The van der Waals surface area contributed by atoms with E-state index in [1.807, 2.05) is 0 Å². The Hall–Kier alpha value is -0.410. The van der Waals surface area contributed by atoms with Crippen molar-refractivity contribution in [1.82, 2.24) is 0 Å².